The maximum atomic E-state index is 10.9. The number of nitro groups is 1. The van der Waals surface area contributed by atoms with E-state index in [4.69, 9.17) is 0 Å². The molecule has 0 saturated heterocycles. The Morgan fingerprint density at radius 2 is 2.00 bits per heavy atom. The number of nitrogens with one attached hydrogen (secondary N) is 1. The average Bonchev–Trinajstić information content (AvgIpc) is 2.39. The smallest absolute Gasteiger partial charge is 0.274 e. The van der Waals surface area contributed by atoms with Crippen LogP contribution in [0.25, 0.3) is 0 Å². The summed E-state index contributed by atoms with van der Waals surface area (Å²) in [6.07, 6.45) is 5.14. The van der Waals surface area contributed by atoms with Gasteiger partial charge in [0.2, 0.25) is 0 Å². The minimum absolute atomic E-state index is 0.197. The number of hydrogen-bond donors (Lipinski definition) is 1. The summed E-state index contributed by atoms with van der Waals surface area (Å²) in [7, 11) is 0. The molecule has 0 heterocycles. The SMILES string of the molecule is Cc1ccc(NCC2CCC(C)CC2)cc1[N+](=O)[O-]. The lowest BCUT2D eigenvalue weighted by molar-refractivity contribution is -0.385. The molecular formula is C15H22N2O2. The quantitative estimate of drug-likeness (QED) is 0.655. The van der Waals surface area contributed by atoms with E-state index in [0.29, 0.717) is 11.5 Å². The van der Waals surface area contributed by atoms with Crippen LogP contribution in [0, 0.1) is 28.9 Å². The zero-order chi connectivity index (χ0) is 13.8. The lowest BCUT2D eigenvalue weighted by Crippen LogP contribution is -2.20. The maximum absolute atomic E-state index is 10.9. The highest BCUT2D eigenvalue weighted by atomic mass is 16.6. The summed E-state index contributed by atoms with van der Waals surface area (Å²) in [4.78, 5) is 10.6. The van der Waals surface area contributed by atoms with Crippen molar-refractivity contribution in [1.29, 1.82) is 0 Å². The van der Waals surface area contributed by atoms with Gasteiger partial charge in [-0.3, -0.25) is 10.1 Å². The number of nitro benzene ring substituents is 1. The predicted molar refractivity (Wildman–Crippen MR) is 77.4 cm³/mol. The second-order valence-corrected chi connectivity index (χ2v) is 5.77. The summed E-state index contributed by atoms with van der Waals surface area (Å²) >= 11 is 0. The van der Waals surface area contributed by atoms with E-state index in [9.17, 15) is 10.1 Å². The third-order valence-electron chi connectivity index (χ3n) is 4.14. The number of rotatable bonds is 4. The molecule has 1 aliphatic rings. The van der Waals surface area contributed by atoms with Crippen molar-refractivity contribution in [2.45, 2.75) is 39.5 Å². The van der Waals surface area contributed by atoms with Crippen molar-refractivity contribution in [3.63, 3.8) is 0 Å². The molecule has 0 atom stereocenters. The number of anilines is 1. The van der Waals surface area contributed by atoms with E-state index in [2.05, 4.69) is 12.2 Å². The van der Waals surface area contributed by atoms with Crippen molar-refractivity contribution < 1.29 is 4.92 Å². The Hall–Kier alpha value is -1.58. The second-order valence-electron chi connectivity index (χ2n) is 5.77. The second kappa shape index (κ2) is 6.04. The van der Waals surface area contributed by atoms with Crippen molar-refractivity contribution in [2.75, 3.05) is 11.9 Å². The van der Waals surface area contributed by atoms with Crippen LogP contribution in [0.1, 0.15) is 38.2 Å². The van der Waals surface area contributed by atoms with Gasteiger partial charge in [-0.25, -0.2) is 0 Å². The van der Waals surface area contributed by atoms with E-state index >= 15 is 0 Å². The molecule has 1 N–H and O–H groups in total. The van der Waals surface area contributed by atoms with Crippen LogP contribution >= 0.6 is 0 Å². The largest absolute Gasteiger partial charge is 0.385 e. The highest BCUT2D eigenvalue weighted by Gasteiger charge is 2.18. The van der Waals surface area contributed by atoms with E-state index in [1.54, 1.807) is 13.0 Å². The van der Waals surface area contributed by atoms with Crippen LogP contribution in [0.3, 0.4) is 0 Å². The predicted octanol–water partition coefficient (Wildman–Crippen LogP) is 4.14. The Morgan fingerprint density at radius 3 is 2.63 bits per heavy atom. The van der Waals surface area contributed by atoms with Crippen molar-refractivity contribution in [3.8, 4) is 0 Å². The molecule has 0 aliphatic heterocycles. The first-order valence-electron chi connectivity index (χ1n) is 7.05. The molecule has 4 heteroatoms. The van der Waals surface area contributed by atoms with Gasteiger partial charge in [-0.2, -0.15) is 0 Å². The normalized spacial score (nSPS) is 23.1. The van der Waals surface area contributed by atoms with Gasteiger partial charge in [0.1, 0.15) is 0 Å². The highest BCUT2D eigenvalue weighted by molar-refractivity contribution is 5.54. The van der Waals surface area contributed by atoms with Crippen molar-refractivity contribution in [1.82, 2.24) is 0 Å². The molecule has 19 heavy (non-hydrogen) atoms. The van der Waals surface area contributed by atoms with Gasteiger partial charge in [0.05, 0.1) is 4.92 Å². The fraction of sp³-hybridized carbons (Fsp3) is 0.600. The monoisotopic (exact) mass is 262 g/mol. The highest BCUT2D eigenvalue weighted by Crippen LogP contribution is 2.29. The first-order valence-corrected chi connectivity index (χ1v) is 7.05. The number of hydrogen-bond acceptors (Lipinski definition) is 3. The van der Waals surface area contributed by atoms with Crippen LogP contribution in [-0.4, -0.2) is 11.5 Å². The Bertz CT molecular complexity index is 451. The lowest BCUT2D eigenvalue weighted by atomic mass is 9.83. The van der Waals surface area contributed by atoms with Gasteiger partial charge in [0.25, 0.3) is 5.69 Å². The average molecular weight is 262 g/mol. The molecule has 0 bridgehead atoms. The summed E-state index contributed by atoms with van der Waals surface area (Å²) in [5.41, 5.74) is 1.76. The Balaban J connectivity index is 1.92. The molecule has 0 amide bonds. The fourth-order valence-electron chi connectivity index (χ4n) is 2.71. The number of nitrogens with zero attached hydrogens (tertiary/aromatic N) is 1. The molecule has 0 unspecified atom stereocenters. The van der Waals surface area contributed by atoms with E-state index < -0.39 is 0 Å². The number of aryl methyl sites for hydroxylation is 1. The summed E-state index contributed by atoms with van der Waals surface area (Å²) in [6, 6.07) is 5.37. The minimum Gasteiger partial charge on any atom is -0.385 e. The molecule has 0 aromatic heterocycles. The van der Waals surface area contributed by atoms with Gasteiger partial charge in [-0.1, -0.05) is 25.8 Å². The molecule has 2 rings (SSSR count). The molecule has 1 aliphatic carbocycles. The van der Waals surface area contributed by atoms with Gasteiger partial charge < -0.3 is 5.32 Å². The number of benzene rings is 1. The van der Waals surface area contributed by atoms with Gasteiger partial charge >= 0.3 is 0 Å². The minimum atomic E-state index is -0.317. The Morgan fingerprint density at radius 1 is 1.32 bits per heavy atom. The summed E-state index contributed by atoms with van der Waals surface area (Å²) < 4.78 is 0. The van der Waals surface area contributed by atoms with E-state index in [1.807, 2.05) is 12.1 Å². The van der Waals surface area contributed by atoms with Crippen LogP contribution in [0.15, 0.2) is 18.2 Å². The topological polar surface area (TPSA) is 55.2 Å². The summed E-state index contributed by atoms with van der Waals surface area (Å²) in [5, 5.41) is 14.2. The molecule has 0 spiro atoms. The van der Waals surface area contributed by atoms with Gasteiger partial charge in [0, 0.05) is 23.9 Å². The molecule has 1 saturated carbocycles. The zero-order valence-electron chi connectivity index (χ0n) is 11.7. The van der Waals surface area contributed by atoms with Gasteiger partial charge in [-0.15, -0.1) is 0 Å². The van der Waals surface area contributed by atoms with E-state index in [0.717, 1.165) is 18.2 Å². The van der Waals surface area contributed by atoms with E-state index in [-0.39, 0.29) is 10.6 Å². The van der Waals surface area contributed by atoms with Crippen LogP contribution in [-0.2, 0) is 0 Å². The van der Waals surface area contributed by atoms with Crippen LogP contribution in [0.4, 0.5) is 11.4 Å². The van der Waals surface area contributed by atoms with Crippen LogP contribution in [0.2, 0.25) is 0 Å². The fourth-order valence-corrected chi connectivity index (χ4v) is 2.71. The van der Waals surface area contributed by atoms with Crippen molar-refractivity contribution in [2.24, 2.45) is 11.8 Å². The Labute approximate surface area is 114 Å². The molecule has 0 radical (unpaired) electrons. The molecule has 1 aromatic rings. The van der Waals surface area contributed by atoms with E-state index in [1.165, 1.54) is 25.7 Å². The standard InChI is InChI=1S/C15H22N2O2/c1-11-3-6-13(7-4-11)10-16-14-8-5-12(2)15(9-14)17(18)19/h5,8-9,11,13,16H,3-4,6-7,10H2,1-2H3. The Kier molecular flexibility index (Phi) is 4.40. The molecule has 1 fully saturated rings. The first kappa shape index (κ1) is 13.8. The summed E-state index contributed by atoms with van der Waals surface area (Å²) in [6.45, 7) is 5.00. The van der Waals surface area contributed by atoms with Gasteiger partial charge in [-0.05, 0) is 37.7 Å². The van der Waals surface area contributed by atoms with Gasteiger partial charge in [0.15, 0.2) is 0 Å². The first-order chi connectivity index (χ1) is 9.06. The van der Waals surface area contributed by atoms with Crippen LogP contribution < -0.4 is 5.32 Å². The molecular weight excluding hydrogens is 240 g/mol. The zero-order valence-corrected chi connectivity index (χ0v) is 11.7. The lowest BCUT2D eigenvalue weighted by Gasteiger charge is -2.26. The summed E-state index contributed by atoms with van der Waals surface area (Å²) in [5.74, 6) is 1.56. The van der Waals surface area contributed by atoms with Crippen molar-refractivity contribution in [3.05, 3.63) is 33.9 Å². The molecule has 4 nitrogen and oxygen atoms in total. The van der Waals surface area contributed by atoms with Crippen LogP contribution in [0.5, 0.6) is 0 Å². The molecule has 104 valence electrons. The molecule has 1 aromatic carbocycles. The van der Waals surface area contributed by atoms with Crippen molar-refractivity contribution >= 4 is 11.4 Å². The maximum Gasteiger partial charge on any atom is 0.274 e. The third kappa shape index (κ3) is 3.69. The third-order valence-corrected chi connectivity index (χ3v) is 4.14.